The molecule has 0 fully saturated rings. The molecule has 0 radical (unpaired) electrons. The van der Waals surface area contributed by atoms with Gasteiger partial charge >= 0.3 is 0 Å². The number of carbonyl (C=O) groups is 1. The molecule has 0 aliphatic carbocycles. The second kappa shape index (κ2) is 7.12. The van der Waals surface area contributed by atoms with Crippen LogP contribution >= 0.6 is 11.6 Å². The number of halogens is 2. The second-order valence-corrected chi connectivity index (χ2v) is 4.36. The zero-order valence-electron chi connectivity index (χ0n) is 10.2. The molecule has 0 atom stereocenters. The average Bonchev–Trinajstić information content (AvgIpc) is 2.39. The highest BCUT2D eigenvalue weighted by Gasteiger charge is 2.15. The Kier molecular flexibility index (Phi) is 5.79. The molecule has 0 aliphatic heterocycles. The summed E-state index contributed by atoms with van der Waals surface area (Å²) in [5.41, 5.74) is 0.212. The molecule has 0 saturated heterocycles. The van der Waals surface area contributed by atoms with Gasteiger partial charge in [-0.05, 0) is 6.07 Å². The van der Waals surface area contributed by atoms with E-state index in [0.29, 0.717) is 10.6 Å². The van der Waals surface area contributed by atoms with Crippen molar-refractivity contribution in [2.24, 2.45) is 0 Å². The van der Waals surface area contributed by atoms with Crippen LogP contribution in [0.2, 0.25) is 5.02 Å². The number of pyridine rings is 1. The number of nitro groups is 1. The van der Waals surface area contributed by atoms with E-state index >= 15 is 0 Å². The summed E-state index contributed by atoms with van der Waals surface area (Å²) in [7, 11) is 0. The Morgan fingerprint density at radius 2 is 2.05 bits per heavy atom. The Bertz CT molecular complexity index is 649. The van der Waals surface area contributed by atoms with Crippen molar-refractivity contribution < 1.29 is 31.3 Å². The molecule has 7 heteroatoms. The van der Waals surface area contributed by atoms with Gasteiger partial charge < -0.3 is 17.0 Å². The summed E-state index contributed by atoms with van der Waals surface area (Å²) in [5, 5.41) is 11.2. The third-order valence-electron chi connectivity index (χ3n) is 2.53. The normalized spacial score (nSPS) is 9.65. The van der Waals surface area contributed by atoms with Gasteiger partial charge in [-0.1, -0.05) is 23.7 Å². The minimum atomic E-state index is -0.524. The topological polar surface area (TPSA) is 64.1 Å². The standard InChI is InChI=1S/C13H10ClN2O3.BrH/c14-11-4-2-6-15(8-11)9-13(17)10-3-1-5-12(7-10)16(18)19;/h1-8H,9H2;1H/q+1;/p-1. The fourth-order valence-electron chi connectivity index (χ4n) is 1.64. The van der Waals surface area contributed by atoms with Crippen LogP contribution in [0.25, 0.3) is 0 Å². The highest BCUT2D eigenvalue weighted by molar-refractivity contribution is 6.30. The maximum Gasteiger partial charge on any atom is 0.270 e. The number of nitro benzene ring substituents is 1. The molecule has 104 valence electrons. The molecule has 2 rings (SSSR count). The highest BCUT2D eigenvalue weighted by Crippen LogP contribution is 2.13. The summed E-state index contributed by atoms with van der Waals surface area (Å²) < 4.78 is 1.63. The third kappa shape index (κ3) is 4.11. The molecule has 5 nitrogen and oxygen atoms in total. The molecule has 0 unspecified atom stereocenters. The van der Waals surface area contributed by atoms with Crippen molar-refractivity contribution in [3.63, 3.8) is 0 Å². The van der Waals surface area contributed by atoms with Gasteiger partial charge in [0.25, 0.3) is 5.69 Å². The van der Waals surface area contributed by atoms with Gasteiger partial charge in [0.2, 0.25) is 12.3 Å². The van der Waals surface area contributed by atoms with E-state index in [0.717, 1.165) is 0 Å². The Morgan fingerprint density at radius 1 is 1.30 bits per heavy atom. The number of Topliss-reactive ketones (excluding diaryl/α,β-unsaturated/α-hetero) is 1. The number of non-ortho nitro benzene ring substituents is 1. The molecular weight excluding hydrogens is 348 g/mol. The second-order valence-electron chi connectivity index (χ2n) is 3.93. The molecular formula is C13H10BrClN2O3. The van der Waals surface area contributed by atoms with E-state index in [1.807, 2.05) is 0 Å². The van der Waals surface area contributed by atoms with E-state index in [1.165, 1.54) is 18.2 Å². The van der Waals surface area contributed by atoms with Gasteiger partial charge in [0.1, 0.15) is 5.02 Å². The van der Waals surface area contributed by atoms with Crippen LogP contribution in [0.1, 0.15) is 10.4 Å². The SMILES string of the molecule is O=C(C[n+]1cccc(Cl)c1)c1cccc([N+](=O)[O-])c1.[Br-]. The predicted octanol–water partition coefficient (Wildman–Crippen LogP) is -0.577. The summed E-state index contributed by atoms with van der Waals surface area (Å²) in [6.07, 6.45) is 3.33. The van der Waals surface area contributed by atoms with E-state index in [4.69, 9.17) is 11.6 Å². The molecule has 0 N–H and O–H groups in total. The fourth-order valence-corrected chi connectivity index (χ4v) is 1.84. The number of carbonyl (C=O) groups excluding carboxylic acids is 1. The Balaban J connectivity index is 0.00000200. The number of hydrogen-bond donors (Lipinski definition) is 0. The minimum Gasteiger partial charge on any atom is -1.00 e. The maximum atomic E-state index is 12.0. The van der Waals surface area contributed by atoms with Crippen LogP contribution in [-0.4, -0.2) is 10.7 Å². The molecule has 0 aliphatic rings. The van der Waals surface area contributed by atoms with E-state index in [-0.39, 0.29) is 35.0 Å². The molecule has 0 spiro atoms. The van der Waals surface area contributed by atoms with Crippen LogP contribution in [-0.2, 0) is 6.54 Å². The first kappa shape index (κ1) is 16.3. The lowest BCUT2D eigenvalue weighted by Crippen LogP contribution is -3.00. The van der Waals surface area contributed by atoms with Crippen LogP contribution in [0.3, 0.4) is 0 Å². The van der Waals surface area contributed by atoms with E-state index in [1.54, 1.807) is 35.2 Å². The molecule has 20 heavy (non-hydrogen) atoms. The van der Waals surface area contributed by atoms with Crippen molar-refractivity contribution in [2.45, 2.75) is 6.54 Å². The molecule has 0 saturated carbocycles. The van der Waals surface area contributed by atoms with Gasteiger partial charge in [0, 0.05) is 23.8 Å². The van der Waals surface area contributed by atoms with Gasteiger partial charge in [0.15, 0.2) is 12.4 Å². The maximum absolute atomic E-state index is 12.0. The number of hydrogen-bond acceptors (Lipinski definition) is 3. The van der Waals surface area contributed by atoms with Gasteiger partial charge in [-0.25, -0.2) is 0 Å². The van der Waals surface area contributed by atoms with Crippen molar-refractivity contribution in [3.05, 3.63) is 69.5 Å². The Morgan fingerprint density at radius 3 is 2.70 bits per heavy atom. The van der Waals surface area contributed by atoms with Crippen molar-refractivity contribution in [1.82, 2.24) is 0 Å². The van der Waals surface area contributed by atoms with Crippen molar-refractivity contribution >= 4 is 23.1 Å². The van der Waals surface area contributed by atoms with Crippen molar-refractivity contribution in [3.8, 4) is 0 Å². The largest absolute Gasteiger partial charge is 1.00 e. The van der Waals surface area contributed by atoms with E-state index < -0.39 is 4.92 Å². The quantitative estimate of drug-likeness (QED) is 0.318. The zero-order valence-corrected chi connectivity index (χ0v) is 12.5. The Hall–Kier alpha value is -1.79. The number of benzene rings is 1. The van der Waals surface area contributed by atoms with Gasteiger partial charge in [-0.15, -0.1) is 0 Å². The van der Waals surface area contributed by atoms with Crippen LogP contribution < -0.4 is 21.5 Å². The Labute approximate surface area is 130 Å². The van der Waals surface area contributed by atoms with E-state index in [2.05, 4.69) is 0 Å². The molecule has 2 aromatic rings. The van der Waals surface area contributed by atoms with Crippen LogP contribution in [0.15, 0.2) is 48.8 Å². The first-order valence-electron chi connectivity index (χ1n) is 5.48. The summed E-state index contributed by atoms with van der Waals surface area (Å²) in [6.45, 7) is 0.0850. The average molecular weight is 358 g/mol. The number of nitrogens with zero attached hydrogens (tertiary/aromatic N) is 2. The summed E-state index contributed by atoms with van der Waals surface area (Å²) in [5.74, 6) is -0.212. The molecule has 1 aromatic heterocycles. The lowest BCUT2D eigenvalue weighted by molar-refractivity contribution is -0.683. The monoisotopic (exact) mass is 356 g/mol. The van der Waals surface area contributed by atoms with Gasteiger partial charge in [-0.2, -0.15) is 4.57 Å². The van der Waals surface area contributed by atoms with Crippen LogP contribution in [0, 0.1) is 10.1 Å². The lowest BCUT2D eigenvalue weighted by atomic mass is 10.1. The van der Waals surface area contributed by atoms with E-state index in [9.17, 15) is 14.9 Å². The first-order valence-corrected chi connectivity index (χ1v) is 5.86. The number of rotatable bonds is 4. The number of aromatic nitrogens is 1. The van der Waals surface area contributed by atoms with Crippen LogP contribution in [0.4, 0.5) is 5.69 Å². The van der Waals surface area contributed by atoms with Gasteiger partial charge in [0.05, 0.1) is 4.92 Å². The first-order chi connectivity index (χ1) is 9.06. The van der Waals surface area contributed by atoms with Crippen molar-refractivity contribution in [2.75, 3.05) is 0 Å². The molecule has 1 aromatic carbocycles. The zero-order chi connectivity index (χ0) is 13.8. The highest BCUT2D eigenvalue weighted by atomic mass is 79.9. The third-order valence-corrected chi connectivity index (χ3v) is 2.75. The fraction of sp³-hybridized carbons (Fsp3) is 0.0769. The molecule has 0 bridgehead atoms. The lowest BCUT2D eigenvalue weighted by Gasteiger charge is -1.99. The summed E-state index contributed by atoms with van der Waals surface area (Å²) in [4.78, 5) is 22.1. The summed E-state index contributed by atoms with van der Waals surface area (Å²) in [6, 6.07) is 9.10. The minimum absolute atomic E-state index is 0. The van der Waals surface area contributed by atoms with Gasteiger partial charge in [-0.3, -0.25) is 14.9 Å². The number of ketones is 1. The molecule has 1 heterocycles. The summed E-state index contributed by atoms with van der Waals surface area (Å²) >= 11 is 5.82. The predicted molar refractivity (Wildman–Crippen MR) is 69.1 cm³/mol. The smallest absolute Gasteiger partial charge is 0.270 e. The molecule has 0 amide bonds. The van der Waals surface area contributed by atoms with Crippen molar-refractivity contribution in [1.29, 1.82) is 0 Å². The van der Waals surface area contributed by atoms with Crippen LogP contribution in [0.5, 0.6) is 0 Å².